The minimum absolute atomic E-state index is 0.0829. The molecular formula is C18H21FN4O2. The van der Waals surface area contributed by atoms with E-state index in [0.717, 1.165) is 0 Å². The van der Waals surface area contributed by atoms with Gasteiger partial charge in [0.05, 0.1) is 6.10 Å². The van der Waals surface area contributed by atoms with E-state index in [9.17, 15) is 14.3 Å². The highest BCUT2D eigenvalue weighted by Crippen LogP contribution is 2.23. The van der Waals surface area contributed by atoms with Crippen molar-refractivity contribution < 1.29 is 14.3 Å². The standard InChI is InChI=1S/C18H21FN4O2/c19-15-5-2-1-4-14(15)16(24)12-23-10-6-13(7-11-23)17(25)22-18-20-8-3-9-21-18/h1-5,8-9,13,16,24H,6-7,10-12H2,(H,20,21,22,25)/t16-/m1/s1. The van der Waals surface area contributed by atoms with Crippen molar-refractivity contribution in [3.05, 3.63) is 54.1 Å². The predicted molar refractivity (Wildman–Crippen MR) is 91.2 cm³/mol. The van der Waals surface area contributed by atoms with E-state index in [4.69, 9.17) is 0 Å². The summed E-state index contributed by atoms with van der Waals surface area (Å²) in [6.07, 6.45) is 3.65. The Kier molecular flexibility index (Phi) is 5.67. The number of carbonyl (C=O) groups excluding carboxylic acids is 1. The summed E-state index contributed by atoms with van der Waals surface area (Å²) in [6, 6.07) is 7.95. The van der Waals surface area contributed by atoms with Crippen LogP contribution in [0.1, 0.15) is 24.5 Å². The monoisotopic (exact) mass is 344 g/mol. The van der Waals surface area contributed by atoms with Gasteiger partial charge in [0.15, 0.2) is 0 Å². The average Bonchev–Trinajstić information content (AvgIpc) is 2.63. The third-order valence-electron chi connectivity index (χ3n) is 4.45. The van der Waals surface area contributed by atoms with Crippen LogP contribution in [0.3, 0.4) is 0 Å². The number of β-amino-alcohol motifs (C(OH)–C–C–N with tert-alkyl or cyclic N) is 1. The number of piperidine rings is 1. The Balaban J connectivity index is 1.48. The molecule has 0 radical (unpaired) electrons. The van der Waals surface area contributed by atoms with E-state index in [0.29, 0.717) is 44.0 Å². The van der Waals surface area contributed by atoms with Gasteiger partial charge in [-0.25, -0.2) is 14.4 Å². The summed E-state index contributed by atoms with van der Waals surface area (Å²) in [4.78, 5) is 22.3. The number of hydrogen-bond donors (Lipinski definition) is 2. The number of amides is 1. The number of nitrogens with zero attached hydrogens (tertiary/aromatic N) is 3. The van der Waals surface area contributed by atoms with Crippen LogP contribution in [-0.2, 0) is 4.79 Å². The molecule has 0 unspecified atom stereocenters. The van der Waals surface area contributed by atoms with Gasteiger partial charge < -0.3 is 10.0 Å². The first-order valence-electron chi connectivity index (χ1n) is 8.36. The molecule has 25 heavy (non-hydrogen) atoms. The maximum Gasteiger partial charge on any atom is 0.229 e. The highest BCUT2D eigenvalue weighted by Gasteiger charge is 2.27. The van der Waals surface area contributed by atoms with Crippen molar-refractivity contribution in [3.63, 3.8) is 0 Å². The van der Waals surface area contributed by atoms with E-state index in [1.807, 2.05) is 0 Å². The van der Waals surface area contributed by atoms with Gasteiger partial charge in [-0.2, -0.15) is 0 Å². The van der Waals surface area contributed by atoms with Gasteiger partial charge in [0.2, 0.25) is 11.9 Å². The van der Waals surface area contributed by atoms with Crippen LogP contribution in [0.15, 0.2) is 42.7 Å². The average molecular weight is 344 g/mol. The number of hydrogen-bond acceptors (Lipinski definition) is 5. The van der Waals surface area contributed by atoms with Gasteiger partial charge in [-0.1, -0.05) is 18.2 Å². The SMILES string of the molecule is O=C(Nc1ncccn1)C1CCN(C[C@@H](O)c2ccccc2F)CC1. The molecule has 2 heterocycles. The number of benzene rings is 1. The van der Waals surface area contributed by atoms with Gasteiger partial charge in [0.1, 0.15) is 5.82 Å². The lowest BCUT2D eigenvalue weighted by Crippen LogP contribution is -2.40. The summed E-state index contributed by atoms with van der Waals surface area (Å²) in [5.74, 6) is -0.275. The highest BCUT2D eigenvalue weighted by atomic mass is 19.1. The fourth-order valence-corrected chi connectivity index (χ4v) is 3.04. The number of aliphatic hydroxyl groups excluding tert-OH is 1. The minimum Gasteiger partial charge on any atom is -0.387 e. The minimum atomic E-state index is -0.871. The van der Waals surface area contributed by atoms with E-state index >= 15 is 0 Å². The first-order chi connectivity index (χ1) is 12.1. The molecule has 0 saturated carbocycles. The molecule has 1 atom stereocenters. The van der Waals surface area contributed by atoms with E-state index in [1.54, 1.807) is 36.7 Å². The number of likely N-dealkylation sites (tertiary alicyclic amines) is 1. The van der Waals surface area contributed by atoms with Crippen molar-refractivity contribution in [1.82, 2.24) is 14.9 Å². The molecule has 132 valence electrons. The molecule has 0 aliphatic carbocycles. The number of rotatable bonds is 5. The highest BCUT2D eigenvalue weighted by molar-refractivity contribution is 5.90. The van der Waals surface area contributed by atoms with Gasteiger partial charge in [-0.3, -0.25) is 10.1 Å². The molecule has 1 amide bonds. The van der Waals surface area contributed by atoms with Gasteiger partial charge in [0, 0.05) is 30.4 Å². The van der Waals surface area contributed by atoms with Crippen molar-refractivity contribution in [2.45, 2.75) is 18.9 Å². The second kappa shape index (κ2) is 8.13. The molecule has 2 N–H and O–H groups in total. The summed E-state index contributed by atoms with van der Waals surface area (Å²) >= 11 is 0. The molecule has 3 rings (SSSR count). The number of aliphatic hydroxyl groups is 1. The molecule has 1 saturated heterocycles. The summed E-state index contributed by atoms with van der Waals surface area (Å²) < 4.78 is 13.7. The molecule has 7 heteroatoms. The van der Waals surface area contributed by atoms with Gasteiger partial charge in [-0.05, 0) is 38.1 Å². The maximum absolute atomic E-state index is 13.7. The van der Waals surface area contributed by atoms with Gasteiger partial charge in [0.25, 0.3) is 0 Å². The van der Waals surface area contributed by atoms with Gasteiger partial charge in [-0.15, -0.1) is 0 Å². The van der Waals surface area contributed by atoms with Crippen LogP contribution in [-0.4, -0.2) is 45.5 Å². The lowest BCUT2D eigenvalue weighted by atomic mass is 9.95. The fraction of sp³-hybridized carbons (Fsp3) is 0.389. The smallest absolute Gasteiger partial charge is 0.229 e. The van der Waals surface area contributed by atoms with Crippen molar-refractivity contribution >= 4 is 11.9 Å². The van der Waals surface area contributed by atoms with Crippen molar-refractivity contribution in [3.8, 4) is 0 Å². The van der Waals surface area contributed by atoms with E-state index in [-0.39, 0.29) is 11.8 Å². The van der Waals surface area contributed by atoms with Crippen LogP contribution in [0.2, 0.25) is 0 Å². The van der Waals surface area contributed by atoms with Crippen LogP contribution in [0.25, 0.3) is 0 Å². The normalized spacial score (nSPS) is 17.2. The lowest BCUT2D eigenvalue weighted by Gasteiger charge is -2.32. The third-order valence-corrected chi connectivity index (χ3v) is 4.45. The first-order valence-corrected chi connectivity index (χ1v) is 8.36. The first kappa shape index (κ1) is 17.4. The fourth-order valence-electron chi connectivity index (χ4n) is 3.04. The molecule has 0 bridgehead atoms. The van der Waals surface area contributed by atoms with E-state index in [1.165, 1.54) is 6.07 Å². The Bertz CT molecular complexity index is 705. The number of halogens is 1. The number of carbonyl (C=O) groups is 1. The largest absolute Gasteiger partial charge is 0.387 e. The van der Waals surface area contributed by atoms with Crippen LogP contribution in [0.5, 0.6) is 0 Å². The van der Waals surface area contributed by atoms with E-state index in [2.05, 4.69) is 20.2 Å². The van der Waals surface area contributed by atoms with Crippen LogP contribution < -0.4 is 5.32 Å². The van der Waals surface area contributed by atoms with Gasteiger partial charge >= 0.3 is 0 Å². The molecule has 1 aliphatic rings. The van der Waals surface area contributed by atoms with Crippen molar-refractivity contribution in [1.29, 1.82) is 0 Å². The van der Waals surface area contributed by atoms with Crippen LogP contribution >= 0.6 is 0 Å². The van der Waals surface area contributed by atoms with Crippen LogP contribution in [0.4, 0.5) is 10.3 Å². The summed E-state index contributed by atoms with van der Waals surface area (Å²) in [5.41, 5.74) is 0.309. The zero-order valence-corrected chi connectivity index (χ0v) is 13.8. The zero-order chi connectivity index (χ0) is 17.6. The maximum atomic E-state index is 13.7. The molecule has 1 aromatic carbocycles. The quantitative estimate of drug-likeness (QED) is 0.867. The van der Waals surface area contributed by atoms with E-state index < -0.39 is 11.9 Å². The zero-order valence-electron chi connectivity index (χ0n) is 13.8. The second-order valence-corrected chi connectivity index (χ2v) is 6.17. The molecule has 1 aliphatic heterocycles. The second-order valence-electron chi connectivity index (χ2n) is 6.17. The van der Waals surface area contributed by atoms with Crippen molar-refractivity contribution in [2.24, 2.45) is 5.92 Å². The third kappa shape index (κ3) is 4.58. The molecule has 1 fully saturated rings. The Labute approximate surface area is 145 Å². The molecular weight excluding hydrogens is 323 g/mol. The number of nitrogens with one attached hydrogen (secondary N) is 1. The Morgan fingerprint density at radius 2 is 1.92 bits per heavy atom. The summed E-state index contributed by atoms with van der Waals surface area (Å²) in [6.45, 7) is 1.72. The predicted octanol–water partition coefficient (Wildman–Crippen LogP) is 2.00. The Hall–Kier alpha value is -2.38. The Morgan fingerprint density at radius 1 is 1.24 bits per heavy atom. The molecule has 1 aromatic heterocycles. The number of anilines is 1. The van der Waals surface area contributed by atoms with Crippen LogP contribution in [0, 0.1) is 11.7 Å². The lowest BCUT2D eigenvalue weighted by molar-refractivity contribution is -0.121. The summed E-state index contributed by atoms with van der Waals surface area (Å²) in [7, 11) is 0. The molecule has 0 spiro atoms. The topological polar surface area (TPSA) is 78.4 Å². The Morgan fingerprint density at radius 3 is 2.60 bits per heavy atom. The number of aromatic nitrogens is 2. The molecule has 2 aromatic rings. The molecule has 6 nitrogen and oxygen atoms in total. The summed E-state index contributed by atoms with van der Waals surface area (Å²) in [5, 5.41) is 13.0. The van der Waals surface area contributed by atoms with Crippen molar-refractivity contribution in [2.75, 3.05) is 25.0 Å².